The molecule has 3 aromatic rings. The van der Waals surface area contributed by atoms with Gasteiger partial charge in [0.25, 0.3) is 15.9 Å². The highest BCUT2D eigenvalue weighted by atomic mass is 32.2. The molecule has 0 fully saturated rings. The maximum Gasteiger partial charge on any atom is 0.264 e. The predicted octanol–water partition coefficient (Wildman–Crippen LogP) is 3.02. The standard InChI is InChI=1S/C20H18N4O3S/c25-19(16-6-5-14-3-1-4-15(14)13-16)23-17-7-9-18(10-8-17)28(26,27)24-20-21-11-2-12-22-20/h2,5-13H,1,3-4H2,(H,23,25)(H,21,22,24). The normalized spacial score (nSPS) is 13.0. The van der Waals surface area contributed by atoms with Gasteiger partial charge in [0, 0.05) is 23.6 Å². The zero-order valence-corrected chi connectivity index (χ0v) is 15.7. The lowest BCUT2D eigenvalue weighted by Gasteiger charge is -2.09. The summed E-state index contributed by atoms with van der Waals surface area (Å²) >= 11 is 0. The molecule has 0 aliphatic heterocycles. The van der Waals surface area contributed by atoms with Gasteiger partial charge in [-0.05, 0) is 72.9 Å². The van der Waals surface area contributed by atoms with Crippen LogP contribution in [-0.2, 0) is 22.9 Å². The second-order valence-corrected chi connectivity index (χ2v) is 8.18. The van der Waals surface area contributed by atoms with Crippen LogP contribution in [0, 0.1) is 0 Å². The van der Waals surface area contributed by atoms with E-state index in [1.807, 2.05) is 18.2 Å². The van der Waals surface area contributed by atoms with Crippen molar-refractivity contribution in [1.82, 2.24) is 9.97 Å². The number of carbonyl (C=O) groups is 1. The average Bonchev–Trinajstić information content (AvgIpc) is 3.16. The molecule has 0 unspecified atom stereocenters. The molecule has 0 bridgehead atoms. The van der Waals surface area contributed by atoms with Crippen molar-refractivity contribution in [3.63, 3.8) is 0 Å². The summed E-state index contributed by atoms with van der Waals surface area (Å²) in [5.41, 5.74) is 3.64. The summed E-state index contributed by atoms with van der Waals surface area (Å²) in [7, 11) is -3.81. The van der Waals surface area contributed by atoms with Gasteiger partial charge in [-0.1, -0.05) is 6.07 Å². The molecule has 2 aromatic carbocycles. The summed E-state index contributed by atoms with van der Waals surface area (Å²) < 4.78 is 27.1. The molecule has 1 aliphatic rings. The van der Waals surface area contributed by atoms with E-state index in [9.17, 15) is 13.2 Å². The molecule has 1 heterocycles. The molecule has 0 radical (unpaired) electrons. The number of benzene rings is 2. The van der Waals surface area contributed by atoms with Gasteiger partial charge in [0.1, 0.15) is 0 Å². The van der Waals surface area contributed by atoms with Gasteiger partial charge in [0.05, 0.1) is 4.90 Å². The van der Waals surface area contributed by atoms with E-state index in [1.165, 1.54) is 35.7 Å². The minimum Gasteiger partial charge on any atom is -0.322 e. The van der Waals surface area contributed by atoms with Crippen molar-refractivity contribution in [2.24, 2.45) is 0 Å². The fourth-order valence-electron chi connectivity index (χ4n) is 3.16. The molecule has 1 aromatic heterocycles. The van der Waals surface area contributed by atoms with Crippen molar-refractivity contribution in [1.29, 1.82) is 0 Å². The predicted molar refractivity (Wildman–Crippen MR) is 106 cm³/mol. The second kappa shape index (κ2) is 7.40. The van der Waals surface area contributed by atoms with Crippen LogP contribution in [0.5, 0.6) is 0 Å². The van der Waals surface area contributed by atoms with E-state index >= 15 is 0 Å². The third-order valence-corrected chi connectivity index (χ3v) is 5.92. The molecule has 7 nitrogen and oxygen atoms in total. The number of anilines is 2. The quantitative estimate of drug-likeness (QED) is 0.693. The molecule has 8 heteroatoms. The van der Waals surface area contributed by atoms with Gasteiger partial charge in [0.2, 0.25) is 5.95 Å². The van der Waals surface area contributed by atoms with Crippen LogP contribution in [0.3, 0.4) is 0 Å². The maximum atomic E-state index is 12.5. The van der Waals surface area contributed by atoms with Crippen LogP contribution >= 0.6 is 0 Å². The number of nitrogens with one attached hydrogen (secondary N) is 2. The van der Waals surface area contributed by atoms with Crippen LogP contribution in [0.1, 0.15) is 27.9 Å². The number of carbonyl (C=O) groups excluding carboxylic acids is 1. The molecule has 0 spiro atoms. The highest BCUT2D eigenvalue weighted by Gasteiger charge is 2.17. The first-order valence-electron chi connectivity index (χ1n) is 8.84. The van der Waals surface area contributed by atoms with E-state index in [0.29, 0.717) is 11.3 Å². The van der Waals surface area contributed by atoms with E-state index in [-0.39, 0.29) is 16.8 Å². The zero-order chi connectivity index (χ0) is 19.6. The molecule has 0 saturated heterocycles. The summed E-state index contributed by atoms with van der Waals surface area (Å²) in [4.78, 5) is 20.2. The van der Waals surface area contributed by atoms with Crippen LogP contribution in [-0.4, -0.2) is 24.3 Å². The largest absolute Gasteiger partial charge is 0.322 e. The lowest BCUT2D eigenvalue weighted by molar-refractivity contribution is 0.102. The van der Waals surface area contributed by atoms with Crippen LogP contribution in [0.4, 0.5) is 11.6 Å². The zero-order valence-electron chi connectivity index (χ0n) is 14.9. The van der Waals surface area contributed by atoms with Gasteiger partial charge in [-0.3, -0.25) is 4.79 Å². The molecule has 0 atom stereocenters. The number of hydrogen-bond acceptors (Lipinski definition) is 5. The van der Waals surface area contributed by atoms with E-state index in [2.05, 4.69) is 20.0 Å². The van der Waals surface area contributed by atoms with Gasteiger partial charge in [0.15, 0.2) is 0 Å². The van der Waals surface area contributed by atoms with E-state index < -0.39 is 10.0 Å². The Balaban J connectivity index is 1.46. The summed E-state index contributed by atoms with van der Waals surface area (Å²) in [5.74, 6) is -0.224. The smallest absolute Gasteiger partial charge is 0.264 e. The Kier molecular flexibility index (Phi) is 4.79. The Morgan fingerprint density at radius 3 is 2.39 bits per heavy atom. The molecule has 2 N–H and O–H groups in total. The van der Waals surface area contributed by atoms with Crippen molar-refractivity contribution in [3.05, 3.63) is 77.6 Å². The molecule has 28 heavy (non-hydrogen) atoms. The topological polar surface area (TPSA) is 101 Å². The Morgan fingerprint density at radius 2 is 1.64 bits per heavy atom. The summed E-state index contributed by atoms with van der Waals surface area (Å²) in [5, 5.41) is 2.80. The van der Waals surface area contributed by atoms with Gasteiger partial charge in [-0.15, -0.1) is 0 Å². The molecule has 1 aliphatic carbocycles. The lowest BCUT2D eigenvalue weighted by Crippen LogP contribution is -2.15. The first-order valence-corrected chi connectivity index (χ1v) is 10.3. The van der Waals surface area contributed by atoms with E-state index in [4.69, 9.17) is 0 Å². The first-order chi connectivity index (χ1) is 13.5. The number of nitrogens with zero attached hydrogens (tertiary/aromatic N) is 2. The molecular weight excluding hydrogens is 376 g/mol. The molecular formula is C20H18N4O3S. The van der Waals surface area contributed by atoms with Crippen LogP contribution in [0.15, 0.2) is 65.8 Å². The highest BCUT2D eigenvalue weighted by molar-refractivity contribution is 7.92. The summed E-state index contributed by atoms with van der Waals surface area (Å²) in [6, 6.07) is 13.3. The number of sulfonamides is 1. The Bertz CT molecular complexity index is 1110. The van der Waals surface area contributed by atoms with Gasteiger partial charge in [-0.2, -0.15) is 0 Å². The van der Waals surface area contributed by atoms with Crippen LogP contribution in [0.2, 0.25) is 0 Å². The van der Waals surface area contributed by atoms with Gasteiger partial charge < -0.3 is 5.32 Å². The number of amides is 1. The highest BCUT2D eigenvalue weighted by Crippen LogP contribution is 2.23. The van der Waals surface area contributed by atoms with E-state index in [0.717, 1.165) is 19.3 Å². The molecule has 142 valence electrons. The third kappa shape index (κ3) is 3.86. The molecule has 1 amide bonds. The number of fused-ring (bicyclic) bond motifs is 1. The minimum atomic E-state index is -3.81. The maximum absolute atomic E-state index is 12.5. The second-order valence-electron chi connectivity index (χ2n) is 6.49. The van der Waals surface area contributed by atoms with Crippen molar-refractivity contribution >= 4 is 27.6 Å². The number of rotatable bonds is 5. The first kappa shape index (κ1) is 18.1. The fraction of sp³-hybridized carbons (Fsp3) is 0.150. The van der Waals surface area contributed by atoms with Crippen molar-refractivity contribution in [3.8, 4) is 0 Å². The third-order valence-electron chi connectivity index (χ3n) is 4.57. The Hall–Kier alpha value is -3.26. The van der Waals surface area contributed by atoms with Crippen LogP contribution in [0.25, 0.3) is 0 Å². The van der Waals surface area contributed by atoms with Gasteiger partial charge >= 0.3 is 0 Å². The van der Waals surface area contributed by atoms with Crippen molar-refractivity contribution in [2.45, 2.75) is 24.2 Å². The average molecular weight is 394 g/mol. The minimum absolute atomic E-state index is 0.00325. The number of aryl methyl sites for hydroxylation is 2. The van der Waals surface area contributed by atoms with Gasteiger partial charge in [-0.25, -0.2) is 23.1 Å². The molecule has 0 saturated carbocycles. The van der Waals surface area contributed by atoms with Crippen molar-refractivity contribution in [2.75, 3.05) is 10.0 Å². The Labute approximate surface area is 162 Å². The van der Waals surface area contributed by atoms with Crippen molar-refractivity contribution < 1.29 is 13.2 Å². The van der Waals surface area contributed by atoms with E-state index in [1.54, 1.807) is 18.2 Å². The molecule has 4 rings (SSSR count). The monoisotopic (exact) mass is 394 g/mol. The SMILES string of the molecule is O=C(Nc1ccc(S(=O)(=O)Nc2ncccn2)cc1)c1ccc2c(c1)CCC2. The Morgan fingerprint density at radius 1 is 0.929 bits per heavy atom. The summed E-state index contributed by atoms with van der Waals surface area (Å²) in [6.07, 6.45) is 6.08. The van der Waals surface area contributed by atoms with Crippen LogP contribution < -0.4 is 10.0 Å². The number of hydrogen-bond donors (Lipinski definition) is 2. The summed E-state index contributed by atoms with van der Waals surface area (Å²) in [6.45, 7) is 0. The number of aromatic nitrogens is 2. The lowest BCUT2D eigenvalue weighted by atomic mass is 10.1. The fourth-order valence-corrected chi connectivity index (χ4v) is 4.12.